The average Bonchev–Trinajstić information content (AvgIpc) is 2.88. The Hall–Kier alpha value is -1.07. The van der Waals surface area contributed by atoms with Crippen molar-refractivity contribution in [2.45, 2.75) is 31.7 Å². The van der Waals surface area contributed by atoms with Crippen LogP contribution in [0.25, 0.3) is 0 Å². The van der Waals surface area contributed by atoms with Crippen LogP contribution in [-0.2, 0) is 11.8 Å². The molecular formula is C11H19ClN4O. The zero-order valence-electron chi connectivity index (χ0n) is 10.2. The highest BCUT2D eigenvalue weighted by Crippen LogP contribution is 2.24. The molecule has 1 aliphatic heterocycles. The van der Waals surface area contributed by atoms with Gasteiger partial charge in [0.05, 0.1) is 5.54 Å². The summed E-state index contributed by atoms with van der Waals surface area (Å²) in [6.07, 6.45) is 4.59. The van der Waals surface area contributed by atoms with E-state index in [1.807, 2.05) is 20.2 Å². The summed E-state index contributed by atoms with van der Waals surface area (Å²) in [5, 5.41) is 10.3. The molecule has 2 rings (SSSR count). The van der Waals surface area contributed by atoms with Gasteiger partial charge in [-0.25, -0.2) is 0 Å². The lowest BCUT2D eigenvalue weighted by molar-refractivity contribution is -0.122. The number of rotatable bonds is 3. The molecule has 6 heteroatoms. The van der Waals surface area contributed by atoms with E-state index in [1.54, 1.807) is 10.7 Å². The second kappa shape index (κ2) is 5.51. The second-order valence-corrected chi connectivity index (χ2v) is 4.29. The normalized spacial score (nSPS) is 23.2. The zero-order chi connectivity index (χ0) is 11.6. The van der Waals surface area contributed by atoms with Crippen molar-refractivity contribution >= 4 is 24.1 Å². The summed E-state index contributed by atoms with van der Waals surface area (Å²) in [4.78, 5) is 12.2. The summed E-state index contributed by atoms with van der Waals surface area (Å²) in [6, 6.07) is 1.80. The summed E-state index contributed by atoms with van der Waals surface area (Å²) in [5.41, 5.74) is -0.391. The van der Waals surface area contributed by atoms with Crippen LogP contribution in [0.5, 0.6) is 0 Å². The molecular weight excluding hydrogens is 240 g/mol. The standard InChI is InChI=1S/C11H18N4O.ClH/c1-3-11(6-4-7-12-11)10(16)13-9-5-8-15(2)14-9;/h5,8,12H,3-4,6-7H2,1-2H3,(H,13,14,16);1H. The number of carbonyl (C=O) groups is 1. The van der Waals surface area contributed by atoms with Gasteiger partial charge in [-0.3, -0.25) is 9.48 Å². The molecule has 17 heavy (non-hydrogen) atoms. The smallest absolute Gasteiger partial charge is 0.245 e. The van der Waals surface area contributed by atoms with Gasteiger partial charge in [-0.05, 0) is 25.8 Å². The molecule has 2 N–H and O–H groups in total. The number of halogens is 1. The summed E-state index contributed by atoms with van der Waals surface area (Å²) in [5.74, 6) is 0.653. The quantitative estimate of drug-likeness (QED) is 0.860. The van der Waals surface area contributed by atoms with Gasteiger partial charge >= 0.3 is 0 Å². The van der Waals surface area contributed by atoms with E-state index >= 15 is 0 Å². The number of aryl methyl sites for hydroxylation is 1. The maximum Gasteiger partial charge on any atom is 0.245 e. The van der Waals surface area contributed by atoms with Gasteiger partial charge < -0.3 is 10.6 Å². The summed E-state index contributed by atoms with van der Waals surface area (Å²) < 4.78 is 1.68. The number of carbonyl (C=O) groups excluding carboxylic acids is 1. The minimum atomic E-state index is -0.391. The van der Waals surface area contributed by atoms with E-state index in [-0.39, 0.29) is 18.3 Å². The van der Waals surface area contributed by atoms with Gasteiger partial charge in [-0.15, -0.1) is 12.4 Å². The number of hydrogen-bond donors (Lipinski definition) is 2. The Morgan fingerprint density at radius 2 is 2.47 bits per heavy atom. The first kappa shape index (κ1) is 14.0. The predicted molar refractivity (Wildman–Crippen MR) is 69.3 cm³/mol. The highest BCUT2D eigenvalue weighted by atomic mass is 35.5. The first-order chi connectivity index (χ1) is 7.66. The van der Waals surface area contributed by atoms with Crippen molar-refractivity contribution in [3.63, 3.8) is 0 Å². The molecule has 0 aliphatic carbocycles. The zero-order valence-corrected chi connectivity index (χ0v) is 11.0. The summed E-state index contributed by atoms with van der Waals surface area (Å²) in [6.45, 7) is 2.96. The van der Waals surface area contributed by atoms with Crippen molar-refractivity contribution in [2.75, 3.05) is 11.9 Å². The molecule has 1 aliphatic rings. The lowest BCUT2D eigenvalue weighted by atomic mass is 9.93. The fourth-order valence-corrected chi connectivity index (χ4v) is 2.18. The molecule has 0 spiro atoms. The molecule has 0 radical (unpaired) electrons. The van der Waals surface area contributed by atoms with E-state index in [4.69, 9.17) is 0 Å². The van der Waals surface area contributed by atoms with E-state index in [9.17, 15) is 4.79 Å². The van der Waals surface area contributed by atoms with Crippen molar-refractivity contribution in [1.29, 1.82) is 0 Å². The van der Waals surface area contributed by atoms with Crippen molar-refractivity contribution in [3.05, 3.63) is 12.3 Å². The number of aromatic nitrogens is 2. The van der Waals surface area contributed by atoms with Crippen LogP contribution in [-0.4, -0.2) is 27.8 Å². The largest absolute Gasteiger partial charge is 0.308 e. The first-order valence-electron chi connectivity index (χ1n) is 5.72. The molecule has 1 amide bonds. The second-order valence-electron chi connectivity index (χ2n) is 4.29. The molecule has 1 saturated heterocycles. The molecule has 1 aromatic rings. The Morgan fingerprint density at radius 1 is 1.71 bits per heavy atom. The van der Waals surface area contributed by atoms with Gasteiger partial charge in [-0.2, -0.15) is 5.10 Å². The Bertz CT molecular complexity index is 385. The van der Waals surface area contributed by atoms with Crippen LogP contribution in [0.15, 0.2) is 12.3 Å². The SMILES string of the molecule is CCC1(C(=O)Nc2ccn(C)n2)CCCN1.Cl. The molecule has 1 atom stereocenters. The van der Waals surface area contributed by atoms with Gasteiger partial charge in [0.2, 0.25) is 5.91 Å². The molecule has 2 heterocycles. The maximum absolute atomic E-state index is 12.2. The topological polar surface area (TPSA) is 59.0 Å². The minimum absolute atomic E-state index is 0. The van der Waals surface area contributed by atoms with Crippen molar-refractivity contribution in [2.24, 2.45) is 7.05 Å². The summed E-state index contributed by atoms with van der Waals surface area (Å²) in [7, 11) is 1.83. The van der Waals surface area contributed by atoms with Crippen LogP contribution in [0.1, 0.15) is 26.2 Å². The molecule has 0 saturated carbocycles. The van der Waals surface area contributed by atoms with Crippen LogP contribution in [0.4, 0.5) is 5.82 Å². The third kappa shape index (κ3) is 2.79. The van der Waals surface area contributed by atoms with E-state index in [2.05, 4.69) is 15.7 Å². The lowest BCUT2D eigenvalue weighted by Gasteiger charge is -2.26. The maximum atomic E-state index is 12.2. The monoisotopic (exact) mass is 258 g/mol. The van der Waals surface area contributed by atoms with E-state index < -0.39 is 5.54 Å². The molecule has 0 aromatic carbocycles. The molecule has 5 nitrogen and oxygen atoms in total. The number of hydrogen-bond acceptors (Lipinski definition) is 3. The van der Waals surface area contributed by atoms with Crippen molar-refractivity contribution < 1.29 is 4.79 Å². The third-order valence-corrected chi connectivity index (χ3v) is 3.24. The van der Waals surface area contributed by atoms with Crippen LogP contribution in [0.3, 0.4) is 0 Å². The minimum Gasteiger partial charge on any atom is -0.308 e. The van der Waals surface area contributed by atoms with E-state index in [1.165, 1.54) is 0 Å². The van der Waals surface area contributed by atoms with Gasteiger partial charge in [0.1, 0.15) is 0 Å². The van der Waals surface area contributed by atoms with Crippen LogP contribution >= 0.6 is 12.4 Å². The Labute approximate surface area is 107 Å². The van der Waals surface area contributed by atoms with E-state index in [0.29, 0.717) is 5.82 Å². The Balaban J connectivity index is 0.00000144. The number of nitrogens with one attached hydrogen (secondary N) is 2. The van der Waals surface area contributed by atoms with Gasteiger partial charge in [0.15, 0.2) is 5.82 Å². The number of amides is 1. The lowest BCUT2D eigenvalue weighted by Crippen LogP contribution is -2.50. The molecule has 96 valence electrons. The van der Waals surface area contributed by atoms with Gasteiger partial charge in [-0.1, -0.05) is 6.92 Å². The van der Waals surface area contributed by atoms with Crippen molar-refractivity contribution in [3.8, 4) is 0 Å². The highest BCUT2D eigenvalue weighted by Gasteiger charge is 2.39. The number of anilines is 1. The van der Waals surface area contributed by atoms with E-state index in [0.717, 1.165) is 25.8 Å². The van der Waals surface area contributed by atoms with Crippen LogP contribution in [0, 0.1) is 0 Å². The van der Waals surface area contributed by atoms with Gasteiger partial charge in [0, 0.05) is 19.3 Å². The summed E-state index contributed by atoms with van der Waals surface area (Å²) >= 11 is 0. The first-order valence-corrected chi connectivity index (χ1v) is 5.72. The molecule has 1 aromatic heterocycles. The van der Waals surface area contributed by atoms with Crippen molar-refractivity contribution in [1.82, 2.24) is 15.1 Å². The fourth-order valence-electron chi connectivity index (χ4n) is 2.18. The fraction of sp³-hybridized carbons (Fsp3) is 0.636. The highest BCUT2D eigenvalue weighted by molar-refractivity contribution is 5.97. The van der Waals surface area contributed by atoms with Gasteiger partial charge in [0.25, 0.3) is 0 Å². The van der Waals surface area contributed by atoms with Crippen LogP contribution < -0.4 is 10.6 Å². The molecule has 1 fully saturated rings. The molecule has 1 unspecified atom stereocenters. The third-order valence-electron chi connectivity index (χ3n) is 3.24. The number of nitrogens with zero attached hydrogens (tertiary/aromatic N) is 2. The average molecular weight is 259 g/mol. The molecule has 0 bridgehead atoms. The Kier molecular flexibility index (Phi) is 4.54. The van der Waals surface area contributed by atoms with Crippen LogP contribution in [0.2, 0.25) is 0 Å². The predicted octanol–water partition coefficient (Wildman–Crippen LogP) is 1.31. The Morgan fingerprint density at radius 3 is 2.94 bits per heavy atom.